The molecule has 0 aliphatic carbocycles. The van der Waals surface area contributed by atoms with Crippen molar-refractivity contribution in [1.82, 2.24) is 10.6 Å². The van der Waals surface area contributed by atoms with E-state index in [1.54, 1.807) is 0 Å². The van der Waals surface area contributed by atoms with E-state index in [0.717, 1.165) is 0 Å². The molecular weight excluding hydrogens is 188 g/mol. The lowest BCUT2D eigenvalue weighted by Crippen LogP contribution is -2.45. The highest BCUT2D eigenvalue weighted by Gasteiger charge is 2.10. The predicted molar refractivity (Wildman–Crippen MR) is 49.6 cm³/mol. The van der Waals surface area contributed by atoms with Gasteiger partial charge in [-0.3, -0.25) is 9.59 Å². The van der Waals surface area contributed by atoms with Crippen LogP contribution in [0, 0.1) is 0 Å². The maximum atomic E-state index is 11.1. The van der Waals surface area contributed by atoms with Crippen LogP contribution in [0.25, 0.3) is 0 Å². The van der Waals surface area contributed by atoms with E-state index in [1.807, 2.05) is 0 Å². The van der Waals surface area contributed by atoms with Crippen molar-refractivity contribution in [3.8, 4) is 0 Å². The molecule has 0 aromatic rings. The smallest absolute Gasteiger partial charge is 0.239 e. The highest BCUT2D eigenvalue weighted by Crippen LogP contribution is 1.82. The normalized spacial score (nSPS) is 11.9. The second kappa shape index (κ2) is 7.28. The minimum absolute atomic E-state index is 0.0878. The number of hydrogen-bond donors (Lipinski definition) is 3. The quantitative estimate of drug-likeness (QED) is 0.478. The molecule has 0 aliphatic heterocycles. The van der Waals surface area contributed by atoms with Crippen LogP contribution >= 0.6 is 0 Å². The molecule has 0 bridgehead atoms. The van der Waals surface area contributed by atoms with E-state index < -0.39 is 6.04 Å². The molecule has 0 heterocycles. The highest BCUT2D eigenvalue weighted by molar-refractivity contribution is 5.83. The fourth-order valence-corrected chi connectivity index (χ4v) is 0.825. The van der Waals surface area contributed by atoms with Gasteiger partial charge >= 0.3 is 0 Å². The summed E-state index contributed by atoms with van der Waals surface area (Å²) in [6.07, 6.45) is 0. The first-order chi connectivity index (χ1) is 6.60. The standard InChI is InChI=1S/C8H16N2O4/c1-6(12)9-3-8(13)10-7(4-11)5-14-2/h7,11H,3-5H2,1-2H3,(H,9,12)(H,10,13). The Kier molecular flexibility index (Phi) is 6.69. The average Bonchev–Trinajstić information content (AvgIpc) is 2.14. The number of amides is 2. The van der Waals surface area contributed by atoms with Crippen LogP contribution in [0.1, 0.15) is 6.92 Å². The summed E-state index contributed by atoms with van der Waals surface area (Å²) in [5, 5.41) is 13.6. The number of hydrogen-bond acceptors (Lipinski definition) is 4. The molecule has 0 radical (unpaired) electrons. The van der Waals surface area contributed by atoms with Crippen molar-refractivity contribution in [2.45, 2.75) is 13.0 Å². The van der Waals surface area contributed by atoms with Crippen LogP contribution in [-0.4, -0.2) is 49.8 Å². The van der Waals surface area contributed by atoms with Gasteiger partial charge in [-0.15, -0.1) is 0 Å². The molecule has 14 heavy (non-hydrogen) atoms. The van der Waals surface area contributed by atoms with Gasteiger partial charge in [-0.05, 0) is 0 Å². The number of aliphatic hydroxyl groups excluding tert-OH is 1. The van der Waals surface area contributed by atoms with Crippen molar-refractivity contribution in [3.05, 3.63) is 0 Å². The van der Waals surface area contributed by atoms with Gasteiger partial charge in [0.1, 0.15) is 0 Å². The third-order valence-corrected chi connectivity index (χ3v) is 1.45. The Labute approximate surface area is 82.6 Å². The van der Waals surface area contributed by atoms with E-state index in [-0.39, 0.29) is 31.6 Å². The molecule has 0 saturated heterocycles. The third-order valence-electron chi connectivity index (χ3n) is 1.45. The van der Waals surface area contributed by atoms with Gasteiger partial charge in [0.25, 0.3) is 0 Å². The van der Waals surface area contributed by atoms with E-state index in [4.69, 9.17) is 9.84 Å². The number of ether oxygens (including phenoxy) is 1. The van der Waals surface area contributed by atoms with Gasteiger partial charge in [-0.25, -0.2) is 0 Å². The van der Waals surface area contributed by atoms with E-state index >= 15 is 0 Å². The summed E-state index contributed by atoms with van der Waals surface area (Å²) in [6, 6.07) is -0.429. The summed E-state index contributed by atoms with van der Waals surface area (Å²) >= 11 is 0. The number of methoxy groups -OCH3 is 1. The first kappa shape index (κ1) is 12.9. The molecule has 6 heteroatoms. The monoisotopic (exact) mass is 204 g/mol. The number of nitrogens with one attached hydrogen (secondary N) is 2. The molecule has 0 rings (SSSR count). The van der Waals surface area contributed by atoms with Crippen LogP contribution in [-0.2, 0) is 14.3 Å². The van der Waals surface area contributed by atoms with Crippen molar-refractivity contribution in [2.75, 3.05) is 26.9 Å². The summed E-state index contributed by atoms with van der Waals surface area (Å²) in [5.74, 6) is -0.622. The molecule has 2 amide bonds. The summed E-state index contributed by atoms with van der Waals surface area (Å²) in [5.41, 5.74) is 0. The number of carbonyl (C=O) groups is 2. The second-order valence-electron chi connectivity index (χ2n) is 2.81. The lowest BCUT2D eigenvalue weighted by molar-refractivity contribution is -0.125. The summed E-state index contributed by atoms with van der Waals surface area (Å²) in [4.78, 5) is 21.6. The molecule has 1 unspecified atom stereocenters. The Morgan fingerprint density at radius 1 is 1.50 bits per heavy atom. The van der Waals surface area contributed by atoms with Gasteiger partial charge in [-0.2, -0.15) is 0 Å². The van der Waals surface area contributed by atoms with Gasteiger partial charge in [0.2, 0.25) is 11.8 Å². The van der Waals surface area contributed by atoms with Crippen molar-refractivity contribution in [2.24, 2.45) is 0 Å². The van der Waals surface area contributed by atoms with E-state index in [0.29, 0.717) is 0 Å². The zero-order chi connectivity index (χ0) is 11.0. The van der Waals surface area contributed by atoms with Gasteiger partial charge in [0.05, 0.1) is 25.8 Å². The Bertz CT molecular complexity index is 196. The van der Waals surface area contributed by atoms with Crippen molar-refractivity contribution in [1.29, 1.82) is 0 Å². The Morgan fingerprint density at radius 2 is 2.14 bits per heavy atom. The maximum Gasteiger partial charge on any atom is 0.239 e. The fraction of sp³-hybridized carbons (Fsp3) is 0.750. The summed E-state index contributed by atoms with van der Waals surface area (Å²) in [6.45, 7) is 1.28. The Hall–Kier alpha value is -1.14. The lowest BCUT2D eigenvalue weighted by Gasteiger charge is -2.14. The van der Waals surface area contributed by atoms with Gasteiger partial charge in [0, 0.05) is 14.0 Å². The maximum absolute atomic E-state index is 11.1. The summed E-state index contributed by atoms with van der Waals surface area (Å²) in [7, 11) is 1.47. The topological polar surface area (TPSA) is 87.7 Å². The van der Waals surface area contributed by atoms with E-state index in [2.05, 4.69) is 10.6 Å². The van der Waals surface area contributed by atoms with Crippen molar-refractivity contribution < 1.29 is 19.4 Å². The first-order valence-electron chi connectivity index (χ1n) is 4.23. The Balaban J connectivity index is 3.72. The minimum Gasteiger partial charge on any atom is -0.394 e. The molecule has 3 N–H and O–H groups in total. The Morgan fingerprint density at radius 3 is 2.57 bits per heavy atom. The van der Waals surface area contributed by atoms with Gasteiger partial charge < -0.3 is 20.5 Å². The van der Waals surface area contributed by atoms with Crippen LogP contribution in [0.2, 0.25) is 0 Å². The molecule has 0 aliphatic rings. The predicted octanol–water partition coefficient (Wildman–Crippen LogP) is -1.75. The van der Waals surface area contributed by atoms with E-state index in [1.165, 1.54) is 14.0 Å². The number of carbonyl (C=O) groups excluding carboxylic acids is 2. The van der Waals surface area contributed by atoms with Crippen LogP contribution in [0.5, 0.6) is 0 Å². The SMILES string of the molecule is COCC(CO)NC(=O)CNC(C)=O. The third kappa shape index (κ3) is 6.38. The molecule has 0 spiro atoms. The zero-order valence-electron chi connectivity index (χ0n) is 8.37. The molecule has 0 aromatic heterocycles. The van der Waals surface area contributed by atoms with Crippen molar-refractivity contribution in [3.63, 3.8) is 0 Å². The number of rotatable bonds is 6. The largest absolute Gasteiger partial charge is 0.394 e. The average molecular weight is 204 g/mol. The van der Waals surface area contributed by atoms with E-state index in [9.17, 15) is 9.59 Å². The van der Waals surface area contributed by atoms with Gasteiger partial charge in [-0.1, -0.05) is 0 Å². The summed E-state index contributed by atoms with van der Waals surface area (Å²) < 4.78 is 4.76. The minimum atomic E-state index is -0.429. The zero-order valence-corrected chi connectivity index (χ0v) is 8.37. The van der Waals surface area contributed by atoms with Gasteiger partial charge in [0.15, 0.2) is 0 Å². The molecule has 0 aromatic carbocycles. The van der Waals surface area contributed by atoms with Crippen LogP contribution in [0.3, 0.4) is 0 Å². The molecule has 6 nitrogen and oxygen atoms in total. The molecule has 82 valence electrons. The highest BCUT2D eigenvalue weighted by atomic mass is 16.5. The first-order valence-corrected chi connectivity index (χ1v) is 4.23. The second-order valence-corrected chi connectivity index (χ2v) is 2.81. The van der Waals surface area contributed by atoms with Crippen molar-refractivity contribution >= 4 is 11.8 Å². The fourth-order valence-electron chi connectivity index (χ4n) is 0.825. The molecule has 1 atom stereocenters. The lowest BCUT2D eigenvalue weighted by atomic mass is 10.3. The van der Waals surface area contributed by atoms with Crippen LogP contribution in [0.4, 0.5) is 0 Å². The number of aliphatic hydroxyl groups is 1. The van der Waals surface area contributed by atoms with Crippen LogP contribution < -0.4 is 10.6 Å². The van der Waals surface area contributed by atoms with Crippen LogP contribution in [0.15, 0.2) is 0 Å². The molecular formula is C8H16N2O4. The molecule has 0 saturated carbocycles. The molecule has 0 fully saturated rings.